The summed E-state index contributed by atoms with van der Waals surface area (Å²) in [6, 6.07) is 17.4. The first-order valence-corrected chi connectivity index (χ1v) is 11.2. The maximum Gasteiger partial charge on any atom is 0.417 e. The molecule has 0 saturated heterocycles. The summed E-state index contributed by atoms with van der Waals surface area (Å²) in [5, 5.41) is 2.57. The number of amides is 1. The number of benzene rings is 3. The Morgan fingerprint density at radius 3 is 2.09 bits per heavy atom. The molecular formula is C23H20F4N2O3S. The van der Waals surface area contributed by atoms with Crippen molar-refractivity contribution in [1.29, 1.82) is 0 Å². The molecule has 0 spiro atoms. The number of sulfonamides is 1. The molecule has 174 valence electrons. The van der Waals surface area contributed by atoms with Gasteiger partial charge in [0.1, 0.15) is 5.82 Å². The van der Waals surface area contributed by atoms with E-state index >= 15 is 0 Å². The molecule has 0 unspecified atom stereocenters. The standard InChI is InChI=1S/C23H20F4N2O3S/c24-19-12-10-18(11-13-19)15-29(16-22(30)28-14-17-6-2-1-3-7-17)33(31,32)21-9-5-4-8-20(21)23(25,26)27/h1-13H,14-16H2,(H,28,30). The first-order valence-electron chi connectivity index (χ1n) is 9.79. The molecule has 3 aromatic rings. The molecule has 10 heteroatoms. The van der Waals surface area contributed by atoms with Gasteiger partial charge >= 0.3 is 6.18 Å². The molecular weight excluding hydrogens is 460 g/mol. The van der Waals surface area contributed by atoms with Crippen molar-refractivity contribution in [2.24, 2.45) is 0 Å². The Bertz CT molecular complexity index is 1200. The fraction of sp³-hybridized carbons (Fsp3) is 0.174. The summed E-state index contributed by atoms with van der Waals surface area (Å²) in [5.74, 6) is -1.26. The Balaban J connectivity index is 1.91. The average Bonchev–Trinajstić information content (AvgIpc) is 2.79. The molecule has 0 heterocycles. The van der Waals surface area contributed by atoms with E-state index in [9.17, 15) is 30.8 Å². The lowest BCUT2D eigenvalue weighted by molar-refractivity contribution is -0.139. The first-order chi connectivity index (χ1) is 15.6. The molecule has 0 aliphatic heterocycles. The van der Waals surface area contributed by atoms with E-state index in [1.165, 1.54) is 18.2 Å². The van der Waals surface area contributed by atoms with Crippen molar-refractivity contribution in [3.05, 3.63) is 101 Å². The number of nitrogens with one attached hydrogen (secondary N) is 1. The molecule has 3 aromatic carbocycles. The van der Waals surface area contributed by atoms with E-state index < -0.39 is 51.5 Å². The lowest BCUT2D eigenvalue weighted by Crippen LogP contribution is -2.40. The van der Waals surface area contributed by atoms with Crippen molar-refractivity contribution >= 4 is 15.9 Å². The monoisotopic (exact) mass is 480 g/mol. The number of nitrogens with zero attached hydrogens (tertiary/aromatic N) is 1. The number of rotatable bonds is 8. The minimum absolute atomic E-state index is 0.114. The van der Waals surface area contributed by atoms with Crippen molar-refractivity contribution in [2.75, 3.05) is 6.54 Å². The Kier molecular flexibility index (Phi) is 7.50. The van der Waals surface area contributed by atoms with Gasteiger partial charge < -0.3 is 5.32 Å². The number of carbonyl (C=O) groups excluding carboxylic acids is 1. The second kappa shape index (κ2) is 10.1. The van der Waals surface area contributed by atoms with Gasteiger partial charge in [0, 0.05) is 13.1 Å². The smallest absolute Gasteiger partial charge is 0.351 e. The fourth-order valence-electron chi connectivity index (χ4n) is 3.10. The number of carbonyl (C=O) groups is 1. The van der Waals surface area contributed by atoms with E-state index in [0.717, 1.165) is 29.8 Å². The van der Waals surface area contributed by atoms with Crippen molar-refractivity contribution < 1.29 is 30.8 Å². The Hall–Kier alpha value is -3.24. The molecule has 33 heavy (non-hydrogen) atoms. The predicted octanol–water partition coefficient (Wildman–Crippen LogP) is 4.35. The van der Waals surface area contributed by atoms with Crippen LogP contribution >= 0.6 is 0 Å². The minimum Gasteiger partial charge on any atom is -0.351 e. The van der Waals surface area contributed by atoms with Crippen LogP contribution in [0.1, 0.15) is 16.7 Å². The third-order valence-corrected chi connectivity index (χ3v) is 6.58. The molecule has 0 aromatic heterocycles. The summed E-state index contributed by atoms with van der Waals surface area (Å²) in [6.45, 7) is -1.03. The largest absolute Gasteiger partial charge is 0.417 e. The van der Waals surface area contributed by atoms with Crippen LogP contribution in [-0.4, -0.2) is 25.2 Å². The zero-order valence-electron chi connectivity index (χ0n) is 17.2. The van der Waals surface area contributed by atoms with Gasteiger partial charge in [0.05, 0.1) is 17.0 Å². The van der Waals surface area contributed by atoms with E-state index in [1.54, 1.807) is 30.3 Å². The summed E-state index contributed by atoms with van der Waals surface area (Å²) < 4.78 is 80.8. The topological polar surface area (TPSA) is 66.5 Å². The van der Waals surface area contributed by atoms with Crippen LogP contribution in [0.4, 0.5) is 17.6 Å². The zero-order valence-corrected chi connectivity index (χ0v) is 18.0. The number of hydrogen-bond acceptors (Lipinski definition) is 3. The lowest BCUT2D eigenvalue weighted by atomic mass is 10.2. The Morgan fingerprint density at radius 2 is 1.45 bits per heavy atom. The molecule has 0 atom stereocenters. The van der Waals surface area contributed by atoms with Gasteiger partial charge in [-0.15, -0.1) is 0 Å². The first kappa shape index (κ1) is 24.4. The van der Waals surface area contributed by atoms with E-state index in [0.29, 0.717) is 15.9 Å². The Labute approximate surface area is 188 Å². The molecule has 0 aliphatic rings. The summed E-state index contributed by atoms with van der Waals surface area (Å²) in [7, 11) is -4.74. The number of halogens is 4. The van der Waals surface area contributed by atoms with Crippen molar-refractivity contribution in [2.45, 2.75) is 24.2 Å². The highest BCUT2D eigenvalue weighted by molar-refractivity contribution is 7.89. The molecule has 0 aliphatic carbocycles. The molecule has 0 fully saturated rings. The SMILES string of the molecule is O=C(CN(Cc1ccc(F)cc1)S(=O)(=O)c1ccccc1C(F)(F)F)NCc1ccccc1. The zero-order chi connectivity index (χ0) is 24.1. The predicted molar refractivity (Wildman–Crippen MR) is 114 cm³/mol. The molecule has 0 saturated carbocycles. The van der Waals surface area contributed by atoms with Gasteiger partial charge in [0.15, 0.2) is 0 Å². The van der Waals surface area contributed by atoms with Gasteiger partial charge in [-0.05, 0) is 35.4 Å². The normalized spacial score (nSPS) is 12.0. The van der Waals surface area contributed by atoms with Crippen LogP contribution in [0.2, 0.25) is 0 Å². The number of hydrogen-bond donors (Lipinski definition) is 1. The molecule has 0 radical (unpaired) electrons. The van der Waals surface area contributed by atoms with Gasteiger partial charge in [0.2, 0.25) is 15.9 Å². The second-order valence-corrected chi connectivity index (χ2v) is 9.06. The molecule has 0 bridgehead atoms. The van der Waals surface area contributed by atoms with E-state index in [-0.39, 0.29) is 6.54 Å². The third kappa shape index (κ3) is 6.39. The second-order valence-electron chi connectivity index (χ2n) is 7.16. The van der Waals surface area contributed by atoms with Crippen LogP contribution in [0.3, 0.4) is 0 Å². The van der Waals surface area contributed by atoms with Gasteiger partial charge in [-0.2, -0.15) is 17.5 Å². The van der Waals surface area contributed by atoms with Crippen LogP contribution in [0.25, 0.3) is 0 Å². The van der Waals surface area contributed by atoms with Crippen LogP contribution < -0.4 is 5.32 Å². The van der Waals surface area contributed by atoms with Crippen molar-refractivity contribution in [3.63, 3.8) is 0 Å². The highest BCUT2D eigenvalue weighted by Gasteiger charge is 2.39. The fourth-order valence-corrected chi connectivity index (χ4v) is 4.69. The molecule has 1 amide bonds. The highest BCUT2D eigenvalue weighted by atomic mass is 32.2. The lowest BCUT2D eigenvalue weighted by Gasteiger charge is -2.24. The summed E-state index contributed by atoms with van der Waals surface area (Å²) in [4.78, 5) is 11.6. The third-order valence-electron chi connectivity index (χ3n) is 4.73. The highest BCUT2D eigenvalue weighted by Crippen LogP contribution is 2.35. The van der Waals surface area contributed by atoms with Gasteiger partial charge in [-0.3, -0.25) is 4.79 Å². The van der Waals surface area contributed by atoms with Crippen molar-refractivity contribution in [3.8, 4) is 0 Å². The van der Waals surface area contributed by atoms with Gasteiger partial charge in [0.25, 0.3) is 0 Å². The summed E-state index contributed by atoms with van der Waals surface area (Å²) in [6.07, 6.45) is -4.92. The van der Waals surface area contributed by atoms with Gasteiger partial charge in [-0.1, -0.05) is 54.6 Å². The van der Waals surface area contributed by atoms with Crippen LogP contribution in [-0.2, 0) is 34.1 Å². The minimum atomic E-state index is -4.92. The van der Waals surface area contributed by atoms with Crippen LogP contribution in [0.5, 0.6) is 0 Å². The molecule has 1 N–H and O–H groups in total. The van der Waals surface area contributed by atoms with Crippen LogP contribution in [0.15, 0.2) is 83.8 Å². The molecule has 3 rings (SSSR count). The van der Waals surface area contributed by atoms with Crippen LogP contribution in [0, 0.1) is 5.82 Å². The van der Waals surface area contributed by atoms with Crippen molar-refractivity contribution in [1.82, 2.24) is 9.62 Å². The molecule has 5 nitrogen and oxygen atoms in total. The Morgan fingerprint density at radius 1 is 0.848 bits per heavy atom. The summed E-state index contributed by atoms with van der Waals surface area (Å²) >= 11 is 0. The average molecular weight is 480 g/mol. The van der Waals surface area contributed by atoms with E-state index in [1.807, 2.05) is 0 Å². The maximum absolute atomic E-state index is 13.5. The van der Waals surface area contributed by atoms with E-state index in [2.05, 4.69) is 5.32 Å². The number of alkyl halides is 3. The van der Waals surface area contributed by atoms with E-state index in [4.69, 9.17) is 0 Å². The maximum atomic E-state index is 13.5. The summed E-state index contributed by atoms with van der Waals surface area (Å²) in [5.41, 5.74) is -0.264. The quantitative estimate of drug-likeness (QED) is 0.488. The van der Waals surface area contributed by atoms with Gasteiger partial charge in [-0.25, -0.2) is 12.8 Å².